The summed E-state index contributed by atoms with van der Waals surface area (Å²) in [4.78, 5) is 45.7. The molecule has 0 fully saturated rings. The van der Waals surface area contributed by atoms with E-state index in [9.17, 15) is 19.2 Å². The molecule has 0 saturated heterocycles. The van der Waals surface area contributed by atoms with Crippen LogP contribution in [0.5, 0.6) is 0 Å². The highest BCUT2D eigenvalue weighted by molar-refractivity contribution is 6.40. The summed E-state index contributed by atoms with van der Waals surface area (Å²) in [6, 6.07) is 23.8. The van der Waals surface area contributed by atoms with Crippen molar-refractivity contribution in [2.45, 2.75) is 0 Å². The molecule has 3 rings (SSSR count). The van der Waals surface area contributed by atoms with Gasteiger partial charge < -0.3 is 9.47 Å². The highest BCUT2D eigenvalue weighted by atomic mass is 16.5. The second-order valence-corrected chi connectivity index (χ2v) is 5.92. The van der Waals surface area contributed by atoms with Crippen molar-refractivity contribution in [1.29, 1.82) is 0 Å². The third-order valence-electron chi connectivity index (χ3n) is 4.02. The van der Waals surface area contributed by atoms with E-state index in [0.717, 1.165) is 0 Å². The van der Waals surface area contributed by atoms with E-state index in [1.807, 2.05) is 6.07 Å². The van der Waals surface area contributed by atoms with E-state index in [-0.39, 0.29) is 11.3 Å². The van der Waals surface area contributed by atoms with Crippen molar-refractivity contribution in [3.63, 3.8) is 0 Å². The molecule has 0 bridgehead atoms. The van der Waals surface area contributed by atoms with Crippen LogP contribution in [-0.4, -0.2) is 37.7 Å². The van der Waals surface area contributed by atoms with Crippen LogP contribution in [0.4, 0.5) is 0 Å². The molecule has 30 heavy (non-hydrogen) atoms. The van der Waals surface area contributed by atoms with Crippen molar-refractivity contribution in [3.8, 4) is 0 Å². The first kappa shape index (κ1) is 22.2. The summed E-state index contributed by atoms with van der Waals surface area (Å²) in [5.41, 5.74) is 1.54. The van der Waals surface area contributed by atoms with Crippen LogP contribution < -0.4 is 0 Å². The quantitative estimate of drug-likeness (QED) is 0.366. The molecule has 0 aliphatic carbocycles. The standard InChI is InChI=1S/C15H12O3.C9H8O3/c1-18-15(17)13-10-6-5-9-12(13)14(16)11-7-3-2-4-8-11;1-12-9(11)8(10)7-5-3-2-4-6-7/h2-10H,1H3;2-6H,1H3. The third kappa shape index (κ3) is 5.72. The zero-order valence-electron chi connectivity index (χ0n) is 16.5. The fourth-order valence-electron chi connectivity index (χ4n) is 2.51. The number of ether oxygens (including phenoxy) is 2. The molecule has 0 radical (unpaired) electrons. The van der Waals surface area contributed by atoms with Crippen LogP contribution in [0.1, 0.15) is 36.6 Å². The molecule has 0 saturated carbocycles. The summed E-state index contributed by atoms with van der Waals surface area (Å²) in [5.74, 6) is -2.13. The lowest BCUT2D eigenvalue weighted by Crippen LogP contribution is -2.15. The number of Topliss-reactive ketones (excluding diaryl/α,β-unsaturated/α-hetero) is 1. The number of esters is 2. The largest absolute Gasteiger partial charge is 0.465 e. The summed E-state index contributed by atoms with van der Waals surface area (Å²) >= 11 is 0. The minimum absolute atomic E-state index is 0.184. The topological polar surface area (TPSA) is 86.7 Å². The van der Waals surface area contributed by atoms with Crippen LogP contribution in [0.2, 0.25) is 0 Å². The van der Waals surface area contributed by atoms with E-state index >= 15 is 0 Å². The lowest BCUT2D eigenvalue weighted by molar-refractivity contribution is -0.135. The Labute approximate surface area is 174 Å². The molecular formula is C24H20O6. The minimum atomic E-state index is -0.832. The highest BCUT2D eigenvalue weighted by Crippen LogP contribution is 2.15. The molecule has 0 aliphatic heterocycles. The molecular weight excluding hydrogens is 384 g/mol. The highest BCUT2D eigenvalue weighted by Gasteiger charge is 2.18. The van der Waals surface area contributed by atoms with Crippen molar-refractivity contribution in [2.75, 3.05) is 14.2 Å². The second kappa shape index (κ2) is 11.1. The van der Waals surface area contributed by atoms with E-state index < -0.39 is 17.7 Å². The lowest BCUT2D eigenvalue weighted by Gasteiger charge is -2.06. The molecule has 0 spiro atoms. The average Bonchev–Trinajstić information content (AvgIpc) is 2.83. The van der Waals surface area contributed by atoms with Crippen molar-refractivity contribution >= 4 is 23.5 Å². The first-order valence-electron chi connectivity index (χ1n) is 8.94. The summed E-state index contributed by atoms with van der Waals surface area (Å²) in [5, 5.41) is 0. The first-order valence-corrected chi connectivity index (χ1v) is 8.94. The summed E-state index contributed by atoms with van der Waals surface area (Å²) < 4.78 is 8.95. The van der Waals surface area contributed by atoms with Crippen LogP contribution in [-0.2, 0) is 14.3 Å². The normalized spacial score (nSPS) is 9.53. The Morgan fingerprint density at radius 3 is 1.53 bits per heavy atom. The number of hydrogen-bond donors (Lipinski definition) is 0. The Kier molecular flexibility index (Phi) is 8.20. The predicted molar refractivity (Wildman–Crippen MR) is 110 cm³/mol. The number of rotatable bonds is 5. The van der Waals surface area contributed by atoms with Gasteiger partial charge in [0.05, 0.1) is 19.8 Å². The van der Waals surface area contributed by atoms with E-state index in [4.69, 9.17) is 0 Å². The molecule has 152 valence electrons. The molecule has 3 aromatic carbocycles. The molecule has 6 nitrogen and oxygen atoms in total. The molecule has 3 aromatic rings. The fourth-order valence-corrected chi connectivity index (χ4v) is 2.51. The number of carbonyl (C=O) groups excluding carboxylic acids is 4. The van der Waals surface area contributed by atoms with Gasteiger partial charge in [-0.15, -0.1) is 0 Å². The van der Waals surface area contributed by atoms with Gasteiger partial charge in [-0.25, -0.2) is 9.59 Å². The van der Waals surface area contributed by atoms with Gasteiger partial charge in [-0.3, -0.25) is 9.59 Å². The Morgan fingerprint density at radius 2 is 1.03 bits per heavy atom. The van der Waals surface area contributed by atoms with Gasteiger partial charge in [-0.2, -0.15) is 0 Å². The lowest BCUT2D eigenvalue weighted by atomic mass is 9.98. The number of benzene rings is 3. The Hall–Kier alpha value is -4.06. The van der Waals surface area contributed by atoms with Crippen LogP contribution >= 0.6 is 0 Å². The summed E-state index contributed by atoms with van der Waals surface area (Å²) in [7, 11) is 2.48. The van der Waals surface area contributed by atoms with Gasteiger partial charge in [0.2, 0.25) is 0 Å². The van der Waals surface area contributed by atoms with E-state index in [0.29, 0.717) is 16.7 Å². The van der Waals surface area contributed by atoms with Crippen molar-refractivity contribution in [2.24, 2.45) is 0 Å². The summed E-state index contributed by atoms with van der Waals surface area (Å²) in [6.45, 7) is 0. The fraction of sp³-hybridized carbons (Fsp3) is 0.0833. The van der Waals surface area contributed by atoms with Crippen LogP contribution in [0.3, 0.4) is 0 Å². The third-order valence-corrected chi connectivity index (χ3v) is 4.02. The molecule has 0 N–H and O–H groups in total. The molecule has 0 heterocycles. The second-order valence-electron chi connectivity index (χ2n) is 5.92. The van der Waals surface area contributed by atoms with Gasteiger partial charge in [0.1, 0.15) is 0 Å². The van der Waals surface area contributed by atoms with Gasteiger partial charge in [-0.05, 0) is 6.07 Å². The smallest absolute Gasteiger partial charge is 0.379 e. The zero-order chi connectivity index (χ0) is 21.9. The number of carbonyl (C=O) groups is 4. The van der Waals surface area contributed by atoms with Gasteiger partial charge >= 0.3 is 11.9 Å². The van der Waals surface area contributed by atoms with Gasteiger partial charge in [0, 0.05) is 16.7 Å². The van der Waals surface area contributed by atoms with E-state index in [1.165, 1.54) is 14.2 Å². The van der Waals surface area contributed by atoms with Gasteiger partial charge in [0.15, 0.2) is 5.78 Å². The number of hydrogen-bond acceptors (Lipinski definition) is 6. The average molecular weight is 404 g/mol. The monoisotopic (exact) mass is 404 g/mol. The minimum Gasteiger partial charge on any atom is -0.465 e. The molecule has 0 atom stereocenters. The van der Waals surface area contributed by atoms with Crippen LogP contribution in [0.25, 0.3) is 0 Å². The SMILES string of the molecule is COC(=O)C(=O)c1ccccc1.COC(=O)c1ccccc1C(=O)c1ccccc1. The van der Waals surface area contributed by atoms with Crippen LogP contribution in [0.15, 0.2) is 84.9 Å². The maximum atomic E-state index is 12.3. The Morgan fingerprint density at radius 1 is 0.567 bits per heavy atom. The van der Waals surface area contributed by atoms with Crippen molar-refractivity contribution in [1.82, 2.24) is 0 Å². The number of ketones is 2. The summed E-state index contributed by atoms with van der Waals surface area (Å²) in [6.07, 6.45) is 0. The Balaban J connectivity index is 0.000000232. The maximum absolute atomic E-state index is 12.3. The van der Waals surface area contributed by atoms with Gasteiger partial charge in [0.25, 0.3) is 5.78 Å². The van der Waals surface area contributed by atoms with Gasteiger partial charge in [-0.1, -0.05) is 78.9 Å². The van der Waals surface area contributed by atoms with Crippen LogP contribution in [0, 0.1) is 0 Å². The molecule has 0 aromatic heterocycles. The first-order chi connectivity index (χ1) is 14.5. The zero-order valence-corrected chi connectivity index (χ0v) is 16.5. The molecule has 0 amide bonds. The Bertz CT molecular complexity index is 1030. The molecule has 0 unspecified atom stereocenters. The predicted octanol–water partition coefficient (Wildman–Crippen LogP) is 3.75. The number of methoxy groups -OCH3 is 2. The molecule has 0 aliphatic rings. The van der Waals surface area contributed by atoms with Crippen molar-refractivity contribution < 1.29 is 28.7 Å². The van der Waals surface area contributed by atoms with E-state index in [1.54, 1.807) is 78.9 Å². The molecule has 6 heteroatoms. The van der Waals surface area contributed by atoms with E-state index in [2.05, 4.69) is 9.47 Å². The van der Waals surface area contributed by atoms with Crippen molar-refractivity contribution in [3.05, 3.63) is 107 Å². The maximum Gasteiger partial charge on any atom is 0.379 e.